The summed E-state index contributed by atoms with van der Waals surface area (Å²) < 4.78 is 16.9. The Hall–Kier alpha value is -5.65. The van der Waals surface area contributed by atoms with Crippen LogP contribution in [0.15, 0.2) is 137 Å². The largest absolute Gasteiger partial charge is 0.358 e. The van der Waals surface area contributed by atoms with Crippen molar-refractivity contribution in [2.24, 2.45) is 0 Å². The lowest BCUT2D eigenvalue weighted by atomic mass is 9.80. The molecule has 4 aromatic carbocycles. The number of nitrogens with one attached hydrogen (secondary N) is 2. The van der Waals surface area contributed by atoms with E-state index in [1.165, 1.54) is 10.8 Å². The molecular formula is C37H35N7O4. The van der Waals surface area contributed by atoms with Gasteiger partial charge in [0.1, 0.15) is 17.9 Å². The number of hydrogen-bond donors (Lipinski definition) is 2. The number of ether oxygens (including phenoxy) is 2. The standard InChI is InChI=1S/C37H35N7O4/c1-26-23-43(36(46)39-34(26)45)33-22-31(38-35-40-41-42-44(35)24-27-14-6-2-7-15-27)32(48-33)25-47-37(28-16-8-3-9-17-28,29-18-10-4-11-19-29)30-20-12-5-13-21-30/h2-21,23,31-33H,22,24-25H2,1H3,(H,38,40,42)(H,39,45,46)/t31-,32+,33+/m0/s1. The van der Waals surface area contributed by atoms with Gasteiger partial charge in [-0.05, 0) is 39.6 Å². The number of benzene rings is 4. The van der Waals surface area contributed by atoms with Crippen molar-refractivity contribution in [2.45, 2.75) is 43.9 Å². The molecule has 3 heterocycles. The van der Waals surface area contributed by atoms with Gasteiger partial charge in [-0.2, -0.15) is 0 Å². The molecule has 1 aliphatic heterocycles. The van der Waals surface area contributed by atoms with Crippen LogP contribution in [0.25, 0.3) is 0 Å². The van der Waals surface area contributed by atoms with Crippen LogP contribution in [-0.4, -0.2) is 48.5 Å². The van der Waals surface area contributed by atoms with Crippen LogP contribution >= 0.6 is 0 Å². The molecule has 11 nitrogen and oxygen atoms in total. The molecule has 0 bridgehead atoms. The fraction of sp³-hybridized carbons (Fsp3) is 0.216. The normalized spacial score (nSPS) is 17.7. The summed E-state index contributed by atoms with van der Waals surface area (Å²) in [5.41, 5.74) is 2.38. The maximum Gasteiger partial charge on any atom is 0.330 e. The van der Waals surface area contributed by atoms with E-state index in [0.717, 1.165) is 22.3 Å². The summed E-state index contributed by atoms with van der Waals surface area (Å²) in [6, 6.07) is 39.9. The average Bonchev–Trinajstić information content (AvgIpc) is 3.75. The molecule has 3 atom stereocenters. The van der Waals surface area contributed by atoms with Gasteiger partial charge in [-0.3, -0.25) is 14.3 Å². The molecule has 1 fully saturated rings. The summed E-state index contributed by atoms with van der Waals surface area (Å²) in [4.78, 5) is 27.6. The van der Waals surface area contributed by atoms with Gasteiger partial charge < -0.3 is 14.8 Å². The first-order valence-corrected chi connectivity index (χ1v) is 15.9. The van der Waals surface area contributed by atoms with Crippen LogP contribution in [0.3, 0.4) is 0 Å². The van der Waals surface area contributed by atoms with Gasteiger partial charge in [0.05, 0.1) is 19.2 Å². The molecule has 0 spiro atoms. The van der Waals surface area contributed by atoms with Crippen molar-refractivity contribution >= 4 is 5.95 Å². The molecule has 0 unspecified atom stereocenters. The maximum absolute atomic E-state index is 13.0. The Balaban J connectivity index is 1.26. The van der Waals surface area contributed by atoms with Gasteiger partial charge in [-0.15, -0.1) is 0 Å². The van der Waals surface area contributed by atoms with Gasteiger partial charge in [0, 0.05) is 18.2 Å². The van der Waals surface area contributed by atoms with Crippen molar-refractivity contribution in [2.75, 3.05) is 11.9 Å². The minimum Gasteiger partial charge on any atom is -0.358 e. The summed E-state index contributed by atoms with van der Waals surface area (Å²) in [5, 5.41) is 15.9. The zero-order valence-corrected chi connectivity index (χ0v) is 26.3. The van der Waals surface area contributed by atoms with E-state index in [1.807, 2.05) is 84.9 Å². The first-order valence-electron chi connectivity index (χ1n) is 15.9. The van der Waals surface area contributed by atoms with Crippen molar-refractivity contribution in [3.63, 3.8) is 0 Å². The number of nitrogens with zero attached hydrogens (tertiary/aromatic N) is 5. The Morgan fingerprint density at radius 2 is 1.42 bits per heavy atom. The van der Waals surface area contributed by atoms with E-state index in [1.54, 1.807) is 11.6 Å². The van der Waals surface area contributed by atoms with Crippen LogP contribution in [0.4, 0.5) is 5.95 Å². The van der Waals surface area contributed by atoms with Crippen LogP contribution < -0.4 is 16.6 Å². The smallest absolute Gasteiger partial charge is 0.330 e. The fourth-order valence-electron chi connectivity index (χ4n) is 6.32. The number of rotatable bonds is 11. The number of aromatic amines is 1. The van der Waals surface area contributed by atoms with Crippen LogP contribution in [0.1, 0.15) is 40.5 Å². The number of aromatic nitrogens is 6. The van der Waals surface area contributed by atoms with E-state index in [4.69, 9.17) is 9.47 Å². The van der Waals surface area contributed by atoms with E-state index in [-0.39, 0.29) is 12.6 Å². The first-order chi connectivity index (χ1) is 23.5. The highest BCUT2D eigenvalue weighted by atomic mass is 16.6. The van der Waals surface area contributed by atoms with E-state index < -0.39 is 29.2 Å². The van der Waals surface area contributed by atoms with Crippen LogP contribution in [0, 0.1) is 6.92 Å². The van der Waals surface area contributed by atoms with Gasteiger partial charge in [0.25, 0.3) is 5.56 Å². The molecule has 11 heteroatoms. The fourth-order valence-corrected chi connectivity index (χ4v) is 6.32. The lowest BCUT2D eigenvalue weighted by Gasteiger charge is -2.37. The monoisotopic (exact) mass is 641 g/mol. The van der Waals surface area contributed by atoms with E-state index in [9.17, 15) is 9.59 Å². The van der Waals surface area contributed by atoms with E-state index in [2.05, 4.69) is 62.2 Å². The molecule has 48 heavy (non-hydrogen) atoms. The van der Waals surface area contributed by atoms with Crippen LogP contribution in [0.5, 0.6) is 0 Å². The molecule has 242 valence electrons. The Labute approximate surface area is 276 Å². The molecule has 0 saturated carbocycles. The highest BCUT2D eigenvalue weighted by Gasteiger charge is 2.43. The summed E-state index contributed by atoms with van der Waals surface area (Å²) in [7, 11) is 0. The molecule has 1 aliphatic rings. The average molecular weight is 642 g/mol. The Kier molecular flexibility index (Phi) is 8.78. The number of anilines is 1. The molecule has 6 aromatic rings. The third-order valence-electron chi connectivity index (χ3n) is 8.72. The van der Waals surface area contributed by atoms with Gasteiger partial charge in [0.2, 0.25) is 5.95 Å². The zero-order valence-electron chi connectivity index (χ0n) is 26.3. The maximum atomic E-state index is 13.0. The minimum absolute atomic E-state index is 0.143. The number of aryl methyl sites for hydroxylation is 1. The minimum atomic E-state index is -0.976. The molecule has 0 amide bonds. The predicted octanol–water partition coefficient (Wildman–Crippen LogP) is 4.66. The molecule has 1 saturated heterocycles. The highest BCUT2D eigenvalue weighted by Crippen LogP contribution is 2.41. The van der Waals surface area contributed by atoms with Crippen molar-refractivity contribution in [3.05, 3.63) is 176 Å². The molecule has 2 N–H and O–H groups in total. The second-order valence-corrected chi connectivity index (χ2v) is 11.8. The molecule has 0 radical (unpaired) electrons. The van der Waals surface area contributed by atoms with Crippen molar-refractivity contribution in [1.82, 2.24) is 29.8 Å². The third kappa shape index (κ3) is 6.20. The quantitative estimate of drug-likeness (QED) is 0.196. The summed E-state index contributed by atoms with van der Waals surface area (Å²) in [5.74, 6) is 0.462. The molecular weight excluding hydrogens is 606 g/mol. The Morgan fingerprint density at radius 3 is 2.00 bits per heavy atom. The molecule has 7 rings (SSSR count). The number of H-pyrrole nitrogens is 1. The SMILES string of the molecule is Cc1cn([C@H]2C[C@H](Nc3nnnn3Cc3ccccc3)[C@@H](COC(c3ccccc3)(c3ccccc3)c3ccccc3)O2)c(=O)[nH]c1=O. The summed E-state index contributed by atoms with van der Waals surface area (Å²) >= 11 is 0. The van der Waals surface area contributed by atoms with Crippen LogP contribution in [0.2, 0.25) is 0 Å². The predicted molar refractivity (Wildman–Crippen MR) is 181 cm³/mol. The van der Waals surface area contributed by atoms with Gasteiger partial charge in [0.15, 0.2) is 0 Å². The summed E-state index contributed by atoms with van der Waals surface area (Å²) in [6.45, 7) is 2.27. The van der Waals surface area contributed by atoms with Gasteiger partial charge >= 0.3 is 5.69 Å². The van der Waals surface area contributed by atoms with E-state index >= 15 is 0 Å². The van der Waals surface area contributed by atoms with Crippen LogP contribution in [-0.2, 0) is 21.6 Å². The van der Waals surface area contributed by atoms with Crippen molar-refractivity contribution in [1.29, 1.82) is 0 Å². The number of tetrazole rings is 1. The number of hydrogen-bond acceptors (Lipinski definition) is 8. The molecule has 0 aliphatic carbocycles. The van der Waals surface area contributed by atoms with Crippen molar-refractivity contribution < 1.29 is 9.47 Å². The van der Waals surface area contributed by atoms with E-state index in [0.29, 0.717) is 24.5 Å². The second kappa shape index (κ2) is 13.6. The lowest BCUT2D eigenvalue weighted by molar-refractivity contribution is -0.0788. The zero-order chi connectivity index (χ0) is 32.9. The lowest BCUT2D eigenvalue weighted by Crippen LogP contribution is -2.40. The van der Waals surface area contributed by atoms with Gasteiger partial charge in [-0.1, -0.05) is 126 Å². The first kappa shape index (κ1) is 31.0. The second-order valence-electron chi connectivity index (χ2n) is 11.8. The molecule has 2 aromatic heterocycles. The topological polar surface area (TPSA) is 129 Å². The van der Waals surface area contributed by atoms with Crippen molar-refractivity contribution in [3.8, 4) is 0 Å². The Bertz CT molecular complexity index is 1970. The summed E-state index contributed by atoms with van der Waals surface area (Å²) in [6.07, 6.45) is 0.684. The third-order valence-corrected chi connectivity index (χ3v) is 8.72. The Morgan fingerprint density at radius 1 is 0.854 bits per heavy atom. The van der Waals surface area contributed by atoms with Gasteiger partial charge in [-0.25, -0.2) is 9.48 Å². The highest BCUT2D eigenvalue weighted by molar-refractivity contribution is 5.47.